The quantitative estimate of drug-likeness (QED) is 0.770. The molecule has 2 aromatic rings. The highest BCUT2D eigenvalue weighted by Crippen LogP contribution is 2.17. The number of ketones is 1. The smallest absolute Gasteiger partial charge is 0.243 e. The van der Waals surface area contributed by atoms with Crippen molar-refractivity contribution in [3.8, 4) is 0 Å². The van der Waals surface area contributed by atoms with Crippen LogP contribution in [-0.4, -0.2) is 49.8 Å². The molecule has 0 aliphatic carbocycles. The molecule has 0 saturated carbocycles. The summed E-state index contributed by atoms with van der Waals surface area (Å²) < 4.78 is 32.2. The first kappa shape index (κ1) is 17.8. The topological polar surface area (TPSA) is 84.9 Å². The van der Waals surface area contributed by atoms with Crippen molar-refractivity contribution < 1.29 is 22.6 Å². The first-order chi connectivity index (χ1) is 11.9. The minimum Gasteiger partial charge on any atom is -0.361 e. The average Bonchev–Trinajstić information content (AvgIpc) is 3.00. The number of piperazine rings is 1. The average molecular weight is 364 g/mol. The van der Waals surface area contributed by atoms with Crippen LogP contribution >= 0.6 is 0 Å². The van der Waals surface area contributed by atoms with Gasteiger partial charge >= 0.3 is 0 Å². The molecule has 0 atom stereocenters. The maximum Gasteiger partial charge on any atom is 0.243 e. The maximum absolute atomic E-state index is 12.8. The summed E-state index contributed by atoms with van der Waals surface area (Å²) in [6.45, 7) is 6.31. The van der Waals surface area contributed by atoms with E-state index in [4.69, 9.17) is 4.52 Å². The molecule has 0 radical (unpaired) electrons. The van der Waals surface area contributed by atoms with Crippen LogP contribution in [-0.2, 0) is 16.6 Å². The van der Waals surface area contributed by atoms with E-state index in [9.17, 15) is 13.2 Å². The third kappa shape index (κ3) is 3.97. The number of nitrogens with zero attached hydrogens (tertiary/aromatic N) is 2. The van der Waals surface area contributed by atoms with Crippen molar-refractivity contribution in [2.24, 2.45) is 0 Å². The fourth-order valence-corrected chi connectivity index (χ4v) is 4.49. The molecule has 1 N–H and O–H groups in total. The number of hydrogen-bond donors (Lipinski definition) is 1. The Morgan fingerprint density at radius 3 is 2.60 bits per heavy atom. The number of carbonyl (C=O) groups excluding carboxylic acids is 1. The van der Waals surface area contributed by atoms with E-state index in [0.717, 1.165) is 18.0 Å². The highest BCUT2D eigenvalue weighted by molar-refractivity contribution is 7.89. The summed E-state index contributed by atoms with van der Waals surface area (Å²) in [7, 11) is -3.58. The van der Waals surface area contributed by atoms with Gasteiger partial charge in [0.15, 0.2) is 5.78 Å². The third-order valence-electron chi connectivity index (χ3n) is 4.42. The summed E-state index contributed by atoms with van der Waals surface area (Å²) in [6.07, 6.45) is 0. The summed E-state index contributed by atoms with van der Waals surface area (Å²) >= 11 is 0. The Labute approximate surface area is 147 Å². The Kier molecular flexibility index (Phi) is 5.03. The molecule has 1 saturated heterocycles. The number of nitrogens with one attached hydrogen (secondary N) is 1. The van der Waals surface area contributed by atoms with E-state index in [2.05, 4.69) is 5.16 Å². The zero-order valence-electron chi connectivity index (χ0n) is 14.4. The minimum atomic E-state index is -3.58. The fourth-order valence-electron chi connectivity index (χ4n) is 3.00. The molecule has 8 heteroatoms. The van der Waals surface area contributed by atoms with Gasteiger partial charge in [-0.15, -0.1) is 0 Å². The molecule has 1 aromatic carbocycles. The van der Waals surface area contributed by atoms with Gasteiger partial charge in [0.25, 0.3) is 0 Å². The standard InChI is InChI=1S/C17H21N3O4S/c1-13-10-16(18-24-13)12-19-6-8-20(9-7-19)25(22,23)17-5-3-4-15(11-17)14(2)21/h3-5,10-11H,6-9,12H2,1-2H3/p+1. The van der Waals surface area contributed by atoms with Gasteiger partial charge in [0.05, 0.1) is 31.1 Å². The molecule has 1 aliphatic rings. The van der Waals surface area contributed by atoms with Crippen molar-refractivity contribution in [2.75, 3.05) is 26.2 Å². The van der Waals surface area contributed by atoms with Gasteiger partial charge in [-0.05, 0) is 26.0 Å². The highest BCUT2D eigenvalue weighted by atomic mass is 32.2. The lowest BCUT2D eigenvalue weighted by Gasteiger charge is -2.31. The van der Waals surface area contributed by atoms with Crippen LogP contribution < -0.4 is 4.90 Å². The number of benzene rings is 1. The molecule has 0 unspecified atom stereocenters. The van der Waals surface area contributed by atoms with Gasteiger partial charge in [0, 0.05) is 11.6 Å². The van der Waals surface area contributed by atoms with Gasteiger partial charge in [-0.2, -0.15) is 4.31 Å². The molecular weight excluding hydrogens is 342 g/mol. The van der Waals surface area contributed by atoms with E-state index in [1.54, 1.807) is 18.2 Å². The second-order valence-corrected chi connectivity index (χ2v) is 8.28. The van der Waals surface area contributed by atoms with Crippen LogP contribution in [0.4, 0.5) is 0 Å². The van der Waals surface area contributed by atoms with Crippen LogP contribution in [0.1, 0.15) is 28.7 Å². The zero-order chi connectivity index (χ0) is 18.0. The molecule has 0 amide bonds. The van der Waals surface area contributed by atoms with Crippen LogP contribution in [0.2, 0.25) is 0 Å². The van der Waals surface area contributed by atoms with Crippen molar-refractivity contribution in [3.05, 3.63) is 47.3 Å². The number of quaternary nitrogens is 1. The molecule has 7 nitrogen and oxygen atoms in total. The Bertz CT molecular complexity index is 868. The number of aromatic nitrogens is 1. The number of Topliss-reactive ketones (excluding diaryl/α,β-unsaturated/α-hetero) is 1. The molecule has 1 fully saturated rings. The molecule has 134 valence electrons. The van der Waals surface area contributed by atoms with Crippen LogP contribution in [0.15, 0.2) is 39.8 Å². The maximum atomic E-state index is 12.8. The van der Waals surface area contributed by atoms with Crippen LogP contribution in [0.5, 0.6) is 0 Å². The van der Waals surface area contributed by atoms with Crippen molar-refractivity contribution in [3.63, 3.8) is 0 Å². The highest BCUT2D eigenvalue weighted by Gasteiger charge is 2.31. The largest absolute Gasteiger partial charge is 0.361 e. The van der Waals surface area contributed by atoms with Gasteiger partial charge in [0.1, 0.15) is 18.0 Å². The lowest BCUT2D eigenvalue weighted by atomic mass is 10.2. The van der Waals surface area contributed by atoms with E-state index < -0.39 is 10.0 Å². The van der Waals surface area contributed by atoms with Crippen molar-refractivity contribution in [1.82, 2.24) is 9.46 Å². The number of sulfonamides is 1. The van der Waals surface area contributed by atoms with Crippen LogP contribution in [0.3, 0.4) is 0 Å². The monoisotopic (exact) mass is 364 g/mol. The second kappa shape index (κ2) is 7.07. The van der Waals surface area contributed by atoms with Gasteiger partial charge in [-0.1, -0.05) is 17.3 Å². The summed E-state index contributed by atoms with van der Waals surface area (Å²) in [6, 6.07) is 8.14. The van der Waals surface area contributed by atoms with E-state index in [-0.39, 0.29) is 10.7 Å². The Hall–Kier alpha value is -2.03. The van der Waals surface area contributed by atoms with Crippen molar-refractivity contribution in [1.29, 1.82) is 0 Å². The minimum absolute atomic E-state index is 0.144. The third-order valence-corrected chi connectivity index (χ3v) is 6.31. The lowest BCUT2D eigenvalue weighted by molar-refractivity contribution is -0.917. The zero-order valence-corrected chi connectivity index (χ0v) is 15.2. The molecule has 1 aliphatic heterocycles. The molecule has 2 heterocycles. The van der Waals surface area contributed by atoms with Crippen LogP contribution in [0.25, 0.3) is 0 Å². The Morgan fingerprint density at radius 2 is 2.00 bits per heavy atom. The SMILES string of the molecule is CC(=O)c1cccc(S(=O)(=O)N2CC[NH+](Cc3cc(C)on3)CC2)c1. The number of aryl methyl sites for hydroxylation is 1. The molecule has 0 spiro atoms. The van der Waals surface area contributed by atoms with Gasteiger partial charge < -0.3 is 9.42 Å². The van der Waals surface area contributed by atoms with Crippen molar-refractivity contribution >= 4 is 15.8 Å². The molecule has 25 heavy (non-hydrogen) atoms. The lowest BCUT2D eigenvalue weighted by Crippen LogP contribution is -3.13. The summed E-state index contributed by atoms with van der Waals surface area (Å²) in [5.74, 6) is 0.634. The number of carbonyl (C=O) groups is 1. The van der Waals surface area contributed by atoms with E-state index in [1.165, 1.54) is 22.2 Å². The normalized spacial score (nSPS) is 16.9. The predicted octanol–water partition coefficient (Wildman–Crippen LogP) is 0.275. The first-order valence-corrected chi connectivity index (χ1v) is 9.67. The fraction of sp³-hybridized carbons (Fsp3) is 0.412. The summed E-state index contributed by atoms with van der Waals surface area (Å²) in [4.78, 5) is 12.9. The Morgan fingerprint density at radius 1 is 1.28 bits per heavy atom. The Balaban J connectivity index is 1.67. The number of rotatable bonds is 5. The summed E-state index contributed by atoms with van der Waals surface area (Å²) in [5, 5.41) is 3.99. The number of hydrogen-bond acceptors (Lipinski definition) is 5. The van der Waals surface area contributed by atoms with Gasteiger partial charge in [-0.3, -0.25) is 4.79 Å². The molecular formula is C17H22N3O4S+. The first-order valence-electron chi connectivity index (χ1n) is 8.23. The molecule has 0 bridgehead atoms. The van der Waals surface area contributed by atoms with E-state index >= 15 is 0 Å². The van der Waals surface area contributed by atoms with Gasteiger partial charge in [0.2, 0.25) is 10.0 Å². The van der Waals surface area contributed by atoms with Crippen molar-refractivity contribution in [2.45, 2.75) is 25.3 Å². The van der Waals surface area contributed by atoms with Crippen LogP contribution in [0, 0.1) is 6.92 Å². The van der Waals surface area contributed by atoms with E-state index in [1.807, 2.05) is 13.0 Å². The second-order valence-electron chi connectivity index (χ2n) is 6.34. The van der Waals surface area contributed by atoms with Gasteiger partial charge in [-0.25, -0.2) is 8.42 Å². The molecule has 3 rings (SSSR count). The predicted molar refractivity (Wildman–Crippen MR) is 90.8 cm³/mol. The summed E-state index contributed by atoms with van der Waals surface area (Å²) in [5.41, 5.74) is 1.30. The van der Waals surface area contributed by atoms with E-state index in [0.29, 0.717) is 31.7 Å². The molecule has 1 aromatic heterocycles.